The van der Waals surface area contributed by atoms with Gasteiger partial charge < -0.3 is 20.3 Å². The van der Waals surface area contributed by atoms with Crippen LogP contribution in [-0.2, 0) is 4.74 Å². The number of halogens is 1. The van der Waals surface area contributed by atoms with Crippen LogP contribution in [0.3, 0.4) is 0 Å². The molecule has 138 valence electrons. The Hall–Kier alpha value is -0.0800. The predicted molar refractivity (Wildman–Crippen MR) is 110 cm³/mol. The van der Waals surface area contributed by atoms with Gasteiger partial charge in [0.25, 0.3) is 0 Å². The number of rotatable bonds is 10. The maximum absolute atomic E-state index is 5.58. The third-order valence-corrected chi connectivity index (χ3v) is 4.57. The van der Waals surface area contributed by atoms with Crippen LogP contribution in [0.2, 0.25) is 0 Å². The fourth-order valence-electron chi connectivity index (χ4n) is 3.17. The molecule has 0 atom stereocenters. The number of hydrogen-bond acceptors (Lipinski definition) is 3. The van der Waals surface area contributed by atoms with Gasteiger partial charge in [-0.1, -0.05) is 12.8 Å². The summed E-state index contributed by atoms with van der Waals surface area (Å²) in [6, 6.07) is 0. The van der Waals surface area contributed by atoms with E-state index in [0.717, 1.165) is 51.6 Å². The van der Waals surface area contributed by atoms with Gasteiger partial charge in [0, 0.05) is 33.4 Å². The van der Waals surface area contributed by atoms with E-state index < -0.39 is 0 Å². The summed E-state index contributed by atoms with van der Waals surface area (Å²) in [6.45, 7) is 6.84. The van der Waals surface area contributed by atoms with Crippen molar-refractivity contribution in [1.82, 2.24) is 15.5 Å². The average Bonchev–Trinajstić information content (AvgIpc) is 2.96. The summed E-state index contributed by atoms with van der Waals surface area (Å²) >= 11 is 0. The second kappa shape index (κ2) is 13.2. The van der Waals surface area contributed by atoms with Crippen molar-refractivity contribution in [3.8, 4) is 0 Å². The average molecular weight is 440 g/mol. The summed E-state index contributed by atoms with van der Waals surface area (Å²) < 4.78 is 5.58. The fourth-order valence-corrected chi connectivity index (χ4v) is 3.17. The van der Waals surface area contributed by atoms with Gasteiger partial charge in [-0.3, -0.25) is 4.99 Å². The molecule has 0 heterocycles. The van der Waals surface area contributed by atoms with Crippen LogP contribution in [-0.4, -0.2) is 64.9 Å². The Kier molecular flexibility index (Phi) is 13.2. The Bertz CT molecular complexity index is 318. The van der Waals surface area contributed by atoms with Crippen LogP contribution in [0.5, 0.6) is 0 Å². The predicted octanol–water partition coefficient (Wildman–Crippen LogP) is 2.71. The fraction of sp³-hybridized carbons (Fsp3) is 0.941. The van der Waals surface area contributed by atoms with Gasteiger partial charge in [-0.15, -0.1) is 24.0 Å². The van der Waals surface area contributed by atoms with Gasteiger partial charge in [0.15, 0.2) is 5.96 Å². The van der Waals surface area contributed by atoms with Crippen molar-refractivity contribution in [3.05, 3.63) is 0 Å². The van der Waals surface area contributed by atoms with E-state index in [1.807, 2.05) is 7.05 Å². The minimum Gasteiger partial charge on any atom is -0.382 e. The molecule has 6 heteroatoms. The van der Waals surface area contributed by atoms with E-state index in [-0.39, 0.29) is 24.0 Å². The molecule has 23 heavy (non-hydrogen) atoms. The second-order valence-corrected chi connectivity index (χ2v) is 6.66. The van der Waals surface area contributed by atoms with Gasteiger partial charge in [0.05, 0.1) is 0 Å². The maximum atomic E-state index is 5.58. The summed E-state index contributed by atoms with van der Waals surface area (Å²) in [4.78, 5) is 6.55. The van der Waals surface area contributed by atoms with Crippen LogP contribution in [0, 0.1) is 5.41 Å². The monoisotopic (exact) mass is 440 g/mol. The molecule has 0 unspecified atom stereocenters. The van der Waals surface area contributed by atoms with Gasteiger partial charge in [-0.2, -0.15) is 0 Å². The lowest BCUT2D eigenvalue weighted by Gasteiger charge is -2.30. The molecule has 0 radical (unpaired) electrons. The van der Waals surface area contributed by atoms with Crippen molar-refractivity contribution < 1.29 is 4.74 Å². The first-order valence-electron chi connectivity index (χ1n) is 8.79. The first-order chi connectivity index (χ1) is 10.6. The molecule has 0 saturated heterocycles. The van der Waals surface area contributed by atoms with Crippen molar-refractivity contribution >= 4 is 29.9 Å². The van der Waals surface area contributed by atoms with E-state index in [2.05, 4.69) is 41.5 Å². The molecule has 0 amide bonds. The van der Waals surface area contributed by atoms with Crippen molar-refractivity contribution in [2.45, 2.75) is 45.4 Å². The van der Waals surface area contributed by atoms with Gasteiger partial charge in [-0.05, 0) is 58.7 Å². The number of ether oxygens (including phenoxy) is 1. The molecule has 0 aliphatic heterocycles. The Labute approximate surface area is 160 Å². The highest BCUT2D eigenvalue weighted by atomic mass is 127. The van der Waals surface area contributed by atoms with E-state index in [0.29, 0.717) is 5.41 Å². The lowest BCUT2D eigenvalue weighted by Crippen LogP contribution is -2.44. The van der Waals surface area contributed by atoms with Crippen molar-refractivity contribution in [1.29, 1.82) is 0 Å². The van der Waals surface area contributed by atoms with Crippen LogP contribution in [0.15, 0.2) is 4.99 Å². The van der Waals surface area contributed by atoms with E-state index >= 15 is 0 Å². The molecule has 0 aromatic carbocycles. The highest BCUT2D eigenvalue weighted by Crippen LogP contribution is 2.40. The quantitative estimate of drug-likeness (QED) is 0.237. The van der Waals surface area contributed by atoms with Gasteiger partial charge in [0.2, 0.25) is 0 Å². The molecule has 1 aliphatic rings. The van der Waals surface area contributed by atoms with E-state index in [4.69, 9.17) is 4.74 Å². The third-order valence-electron chi connectivity index (χ3n) is 4.57. The summed E-state index contributed by atoms with van der Waals surface area (Å²) in [5, 5.41) is 6.95. The highest BCUT2D eigenvalue weighted by Gasteiger charge is 2.33. The lowest BCUT2D eigenvalue weighted by molar-refractivity contribution is 0.105. The molecule has 1 saturated carbocycles. The zero-order valence-corrected chi connectivity index (χ0v) is 17.8. The lowest BCUT2D eigenvalue weighted by atomic mass is 9.83. The van der Waals surface area contributed by atoms with Crippen molar-refractivity contribution in [3.63, 3.8) is 0 Å². The smallest absolute Gasteiger partial charge is 0.190 e. The molecule has 1 fully saturated rings. The maximum Gasteiger partial charge on any atom is 0.190 e. The van der Waals surface area contributed by atoms with Crippen LogP contribution in [0.1, 0.15) is 45.4 Å². The molecular weight excluding hydrogens is 403 g/mol. The normalized spacial score (nSPS) is 17.2. The zero-order chi connectivity index (χ0) is 16.3. The summed E-state index contributed by atoms with van der Waals surface area (Å²) in [7, 11) is 6.06. The second-order valence-electron chi connectivity index (χ2n) is 6.66. The highest BCUT2D eigenvalue weighted by molar-refractivity contribution is 14.0. The van der Waals surface area contributed by atoms with E-state index in [1.54, 1.807) is 0 Å². The Balaban J connectivity index is 0.00000484. The van der Waals surface area contributed by atoms with Gasteiger partial charge in [-0.25, -0.2) is 0 Å². The molecular formula is C17H37IN4O. The SMILES string of the molecule is CCOCCC1(CNC(=NC)NCCCN(C)C)CCCC1.I. The zero-order valence-electron chi connectivity index (χ0n) is 15.5. The number of aliphatic imine (C=N–C) groups is 1. The third kappa shape index (κ3) is 9.72. The van der Waals surface area contributed by atoms with E-state index in [9.17, 15) is 0 Å². The summed E-state index contributed by atoms with van der Waals surface area (Å²) in [5.41, 5.74) is 0.399. The molecule has 0 bridgehead atoms. The van der Waals surface area contributed by atoms with E-state index in [1.165, 1.54) is 25.7 Å². The van der Waals surface area contributed by atoms with Crippen molar-refractivity contribution in [2.75, 3.05) is 54.0 Å². The molecule has 1 aliphatic carbocycles. The largest absolute Gasteiger partial charge is 0.382 e. The molecule has 5 nitrogen and oxygen atoms in total. The first-order valence-corrected chi connectivity index (χ1v) is 8.79. The molecule has 0 spiro atoms. The molecule has 1 rings (SSSR count). The van der Waals surface area contributed by atoms with Crippen molar-refractivity contribution in [2.24, 2.45) is 10.4 Å². The molecule has 0 aromatic rings. The molecule has 2 N–H and O–H groups in total. The number of guanidine groups is 1. The van der Waals surface area contributed by atoms with Gasteiger partial charge >= 0.3 is 0 Å². The van der Waals surface area contributed by atoms with Crippen LogP contribution >= 0.6 is 24.0 Å². The first kappa shape index (κ1) is 22.9. The standard InChI is InChI=1S/C17H36N4O.HI/c1-5-22-14-11-17(9-6-7-10-17)15-20-16(18-2)19-12-8-13-21(3)4;/h5-15H2,1-4H3,(H2,18,19,20);1H. The number of nitrogens with one attached hydrogen (secondary N) is 2. The summed E-state index contributed by atoms with van der Waals surface area (Å²) in [6.07, 6.45) is 7.61. The number of hydrogen-bond donors (Lipinski definition) is 2. The Morgan fingerprint density at radius 1 is 1.22 bits per heavy atom. The van der Waals surface area contributed by atoms with Crippen LogP contribution in [0.25, 0.3) is 0 Å². The van der Waals surface area contributed by atoms with Crippen LogP contribution < -0.4 is 10.6 Å². The minimum atomic E-state index is 0. The molecule has 0 aromatic heterocycles. The Morgan fingerprint density at radius 3 is 2.48 bits per heavy atom. The summed E-state index contributed by atoms with van der Waals surface area (Å²) in [5.74, 6) is 0.932. The Morgan fingerprint density at radius 2 is 1.91 bits per heavy atom. The van der Waals surface area contributed by atoms with Gasteiger partial charge in [0.1, 0.15) is 0 Å². The topological polar surface area (TPSA) is 48.9 Å². The van der Waals surface area contributed by atoms with Crippen LogP contribution in [0.4, 0.5) is 0 Å². The minimum absolute atomic E-state index is 0. The number of nitrogens with zero attached hydrogens (tertiary/aromatic N) is 2.